The molecule has 5 rings (SSSR count). The Balaban J connectivity index is 1.61. The van der Waals surface area contributed by atoms with E-state index in [2.05, 4.69) is 15.9 Å². The standard InChI is InChI=1S/C24H18BrN3O7S2/c1-2-35-16(29)11-26-23-20(37-24(26)32)17(12-3-5-13(25)6-4-12)18-19(36-23)22(31)27(21(18)30)14-7-9-15(10-8-14)28(33)34/h3-10,17-19H,2,11H2,1H3/t17-,18?,19?/m1/s1. The average molecular weight is 604 g/mol. The smallest absolute Gasteiger partial charge is 0.326 e. The summed E-state index contributed by atoms with van der Waals surface area (Å²) in [5.74, 6) is -2.92. The molecule has 37 heavy (non-hydrogen) atoms. The number of nitro groups is 1. The van der Waals surface area contributed by atoms with Crippen molar-refractivity contribution in [3.63, 3.8) is 0 Å². The molecule has 0 N–H and O–H groups in total. The van der Waals surface area contributed by atoms with E-state index in [0.717, 1.165) is 38.0 Å². The molecule has 0 saturated carbocycles. The number of non-ortho nitro benzene ring substituents is 1. The van der Waals surface area contributed by atoms with E-state index in [-0.39, 0.29) is 29.4 Å². The van der Waals surface area contributed by atoms with Crippen molar-refractivity contribution in [1.82, 2.24) is 4.57 Å². The highest BCUT2D eigenvalue weighted by Crippen LogP contribution is 2.54. The summed E-state index contributed by atoms with van der Waals surface area (Å²) in [6.07, 6.45) is 0. The van der Waals surface area contributed by atoms with Crippen molar-refractivity contribution < 1.29 is 24.0 Å². The van der Waals surface area contributed by atoms with Crippen LogP contribution in [0.5, 0.6) is 0 Å². The number of carbonyl (C=O) groups is 3. The average Bonchev–Trinajstić information content (AvgIpc) is 3.31. The SMILES string of the molecule is CCOC(=O)Cn1c2c(sc1=O)[C@H](c1ccc(Br)cc1)C1C(=O)N(c3ccc([N+](=O)[O-])cc3)C(=O)C1S2. The Labute approximate surface area is 226 Å². The largest absolute Gasteiger partial charge is 0.465 e. The Bertz CT molecular complexity index is 1480. The number of thioether (sulfide) groups is 1. The number of rotatable bonds is 6. The van der Waals surface area contributed by atoms with Gasteiger partial charge in [0.25, 0.3) is 5.69 Å². The number of esters is 1. The number of ether oxygens (including phenoxy) is 1. The number of aromatic nitrogens is 1. The molecule has 0 bridgehead atoms. The van der Waals surface area contributed by atoms with Gasteiger partial charge >= 0.3 is 10.8 Å². The second-order valence-electron chi connectivity index (χ2n) is 8.31. The molecular weight excluding hydrogens is 586 g/mol. The van der Waals surface area contributed by atoms with Crippen LogP contribution in [-0.4, -0.2) is 39.1 Å². The lowest BCUT2D eigenvalue weighted by Gasteiger charge is -2.30. The van der Waals surface area contributed by atoms with Gasteiger partial charge in [-0.25, -0.2) is 4.90 Å². The first-order chi connectivity index (χ1) is 17.7. The maximum absolute atomic E-state index is 13.8. The van der Waals surface area contributed by atoms with Gasteiger partial charge in [-0.05, 0) is 36.8 Å². The Morgan fingerprint density at radius 3 is 2.38 bits per heavy atom. The van der Waals surface area contributed by atoms with Crippen LogP contribution in [0.2, 0.25) is 0 Å². The molecule has 2 aliphatic rings. The minimum absolute atomic E-state index is 0.160. The van der Waals surface area contributed by atoms with Gasteiger partial charge in [0.1, 0.15) is 11.8 Å². The van der Waals surface area contributed by atoms with Crippen LogP contribution in [0.1, 0.15) is 23.3 Å². The van der Waals surface area contributed by atoms with Gasteiger partial charge in [-0.2, -0.15) is 0 Å². The first kappa shape index (κ1) is 25.4. The summed E-state index contributed by atoms with van der Waals surface area (Å²) < 4.78 is 7.16. The Kier molecular flexibility index (Phi) is 6.77. The summed E-state index contributed by atoms with van der Waals surface area (Å²) >= 11 is 5.45. The zero-order chi connectivity index (χ0) is 26.4. The molecule has 0 spiro atoms. The van der Waals surface area contributed by atoms with Gasteiger partial charge in [-0.3, -0.25) is 33.9 Å². The molecule has 1 saturated heterocycles. The van der Waals surface area contributed by atoms with Crippen LogP contribution in [0.15, 0.2) is 62.8 Å². The van der Waals surface area contributed by atoms with Crippen LogP contribution in [0.25, 0.3) is 0 Å². The molecule has 190 valence electrons. The number of amides is 2. The van der Waals surface area contributed by atoms with Crippen molar-refractivity contribution in [3.8, 4) is 0 Å². The summed E-state index contributed by atoms with van der Waals surface area (Å²) in [5.41, 5.74) is 0.820. The van der Waals surface area contributed by atoms with Crippen LogP contribution in [0.4, 0.5) is 11.4 Å². The Morgan fingerprint density at radius 2 is 1.76 bits per heavy atom. The number of nitro benzene ring substituents is 1. The van der Waals surface area contributed by atoms with E-state index in [1.54, 1.807) is 6.92 Å². The third-order valence-corrected chi connectivity index (χ3v) is 9.32. The third-order valence-electron chi connectivity index (χ3n) is 6.19. The fourth-order valence-electron chi connectivity index (χ4n) is 4.60. The number of anilines is 1. The van der Waals surface area contributed by atoms with Crippen LogP contribution >= 0.6 is 39.0 Å². The van der Waals surface area contributed by atoms with Crippen LogP contribution in [0, 0.1) is 16.0 Å². The molecular formula is C24H18BrN3O7S2. The fraction of sp³-hybridized carbons (Fsp3) is 0.250. The van der Waals surface area contributed by atoms with Crippen LogP contribution in [-0.2, 0) is 25.7 Å². The van der Waals surface area contributed by atoms with Crippen molar-refractivity contribution in [2.75, 3.05) is 11.5 Å². The highest BCUT2D eigenvalue weighted by molar-refractivity contribution is 9.10. The van der Waals surface area contributed by atoms with Gasteiger partial charge in [0.15, 0.2) is 0 Å². The molecule has 0 radical (unpaired) electrons. The fourth-order valence-corrected chi connectivity index (χ4v) is 7.64. The van der Waals surface area contributed by atoms with Gasteiger partial charge in [-0.1, -0.05) is 51.2 Å². The molecule has 2 amide bonds. The number of thiazole rings is 1. The molecule has 0 aliphatic carbocycles. The van der Waals surface area contributed by atoms with Crippen LogP contribution < -0.4 is 9.77 Å². The number of halogens is 1. The van der Waals surface area contributed by atoms with Crippen molar-refractivity contribution in [2.45, 2.75) is 29.7 Å². The summed E-state index contributed by atoms with van der Waals surface area (Å²) in [7, 11) is 0. The molecule has 2 unspecified atom stereocenters. The molecule has 3 heterocycles. The highest BCUT2D eigenvalue weighted by atomic mass is 79.9. The number of hydrogen-bond donors (Lipinski definition) is 0. The van der Waals surface area contributed by atoms with E-state index in [1.807, 2.05) is 24.3 Å². The number of nitrogens with zero attached hydrogens (tertiary/aromatic N) is 3. The zero-order valence-corrected chi connectivity index (χ0v) is 22.4. The molecule has 10 nitrogen and oxygen atoms in total. The molecule has 3 atom stereocenters. The van der Waals surface area contributed by atoms with E-state index in [9.17, 15) is 29.3 Å². The topological polar surface area (TPSA) is 129 Å². The van der Waals surface area contributed by atoms with E-state index in [1.165, 1.54) is 28.8 Å². The van der Waals surface area contributed by atoms with Gasteiger partial charge < -0.3 is 4.74 Å². The Morgan fingerprint density at radius 1 is 1.08 bits per heavy atom. The van der Waals surface area contributed by atoms with Crippen molar-refractivity contribution in [2.24, 2.45) is 5.92 Å². The van der Waals surface area contributed by atoms with E-state index >= 15 is 0 Å². The normalized spacial score (nSPS) is 20.5. The number of fused-ring (bicyclic) bond motifs is 2. The second kappa shape index (κ2) is 9.88. The van der Waals surface area contributed by atoms with Gasteiger partial charge in [0.2, 0.25) is 11.8 Å². The number of benzene rings is 2. The van der Waals surface area contributed by atoms with Crippen molar-refractivity contribution in [1.29, 1.82) is 0 Å². The zero-order valence-electron chi connectivity index (χ0n) is 19.2. The number of carbonyl (C=O) groups excluding carboxylic acids is 3. The first-order valence-corrected chi connectivity index (χ1v) is 13.6. The second-order valence-corrected chi connectivity index (χ2v) is 11.3. The van der Waals surface area contributed by atoms with Gasteiger partial charge in [-0.15, -0.1) is 0 Å². The summed E-state index contributed by atoms with van der Waals surface area (Å²) in [5, 5.41) is 10.7. The summed E-state index contributed by atoms with van der Waals surface area (Å²) in [6.45, 7) is 1.53. The minimum atomic E-state index is -0.855. The predicted molar refractivity (Wildman–Crippen MR) is 140 cm³/mol. The minimum Gasteiger partial charge on any atom is -0.465 e. The number of imide groups is 1. The maximum Gasteiger partial charge on any atom is 0.326 e. The lowest BCUT2D eigenvalue weighted by Crippen LogP contribution is -2.32. The summed E-state index contributed by atoms with van der Waals surface area (Å²) in [4.78, 5) is 64.4. The van der Waals surface area contributed by atoms with E-state index in [4.69, 9.17) is 4.74 Å². The van der Waals surface area contributed by atoms with Crippen molar-refractivity contribution in [3.05, 3.63) is 83.2 Å². The molecule has 1 fully saturated rings. The Hall–Kier alpha value is -3.29. The first-order valence-electron chi connectivity index (χ1n) is 11.1. The van der Waals surface area contributed by atoms with Gasteiger partial charge in [0, 0.05) is 27.4 Å². The quantitative estimate of drug-likeness (QED) is 0.179. The molecule has 13 heteroatoms. The van der Waals surface area contributed by atoms with E-state index in [0.29, 0.717) is 9.90 Å². The highest BCUT2D eigenvalue weighted by Gasteiger charge is 2.56. The van der Waals surface area contributed by atoms with Gasteiger partial charge in [0.05, 0.1) is 28.2 Å². The lowest BCUT2D eigenvalue weighted by atomic mass is 9.83. The maximum atomic E-state index is 13.8. The molecule has 2 aromatic carbocycles. The van der Waals surface area contributed by atoms with Crippen molar-refractivity contribution >= 4 is 68.2 Å². The number of hydrogen-bond acceptors (Lipinski definition) is 9. The monoisotopic (exact) mass is 603 g/mol. The lowest BCUT2D eigenvalue weighted by molar-refractivity contribution is -0.384. The van der Waals surface area contributed by atoms with Crippen LogP contribution in [0.3, 0.4) is 0 Å². The third kappa shape index (κ3) is 4.40. The van der Waals surface area contributed by atoms with E-state index < -0.39 is 39.8 Å². The molecule has 1 aromatic heterocycles. The predicted octanol–water partition coefficient (Wildman–Crippen LogP) is 3.94. The molecule has 2 aliphatic heterocycles. The summed E-state index contributed by atoms with van der Waals surface area (Å²) in [6, 6.07) is 12.5. The molecule has 3 aromatic rings.